The molecule has 208 valence electrons. The minimum absolute atomic E-state index is 0.00222. The zero-order chi connectivity index (χ0) is 29.0. The summed E-state index contributed by atoms with van der Waals surface area (Å²) in [5, 5.41) is 9.41. The Morgan fingerprint density at radius 1 is 0.974 bits per heavy atom. The Labute approximate surface area is 222 Å². The van der Waals surface area contributed by atoms with E-state index >= 15 is 0 Å². The van der Waals surface area contributed by atoms with E-state index in [1.54, 1.807) is 0 Å². The molecule has 14 heteroatoms. The number of ether oxygens (including phenoxy) is 2. The molecule has 0 radical (unpaired) electrons. The van der Waals surface area contributed by atoms with Crippen LogP contribution in [0.3, 0.4) is 0 Å². The number of aromatic hydroxyl groups is 1. The van der Waals surface area contributed by atoms with Crippen LogP contribution >= 0.6 is 11.6 Å². The monoisotopic (exact) mass is 576 g/mol. The number of phenols is 1. The average molecular weight is 577 g/mol. The van der Waals surface area contributed by atoms with Gasteiger partial charge < -0.3 is 14.6 Å². The van der Waals surface area contributed by atoms with Gasteiger partial charge in [0.15, 0.2) is 17.8 Å². The summed E-state index contributed by atoms with van der Waals surface area (Å²) in [6, 6.07) is 7.57. The van der Waals surface area contributed by atoms with Gasteiger partial charge in [0.2, 0.25) is 0 Å². The fraction of sp³-hybridized carbons (Fsp3) is 0.200. The zero-order valence-electron chi connectivity index (χ0n) is 19.8. The van der Waals surface area contributed by atoms with Crippen LogP contribution in [0.25, 0.3) is 0 Å². The summed E-state index contributed by atoms with van der Waals surface area (Å²) < 4.78 is 89.5. The third kappa shape index (κ3) is 7.54. The first kappa shape index (κ1) is 29.6. The molecule has 3 aromatic carbocycles. The van der Waals surface area contributed by atoms with Crippen molar-refractivity contribution in [2.75, 3.05) is 7.11 Å². The maximum Gasteiger partial charge on any atom is 0.416 e. The van der Waals surface area contributed by atoms with Gasteiger partial charge in [-0.25, -0.2) is 5.43 Å². The molecule has 0 spiro atoms. The highest BCUT2D eigenvalue weighted by Crippen LogP contribution is 2.37. The number of carbonyl (C=O) groups excluding carboxylic acids is 2. The molecule has 3 aromatic rings. The molecule has 0 aliphatic rings. The van der Waals surface area contributed by atoms with Gasteiger partial charge in [0.1, 0.15) is 12.4 Å². The van der Waals surface area contributed by atoms with Crippen LogP contribution in [0.4, 0.5) is 26.3 Å². The van der Waals surface area contributed by atoms with Crippen molar-refractivity contribution in [3.63, 3.8) is 0 Å². The van der Waals surface area contributed by atoms with Crippen molar-refractivity contribution >= 4 is 23.8 Å². The summed E-state index contributed by atoms with van der Waals surface area (Å²) in [4.78, 5) is 23.9. The molecule has 0 heterocycles. The van der Waals surface area contributed by atoms with Crippen LogP contribution in [0, 0.1) is 0 Å². The zero-order valence-corrected chi connectivity index (χ0v) is 20.6. The molecule has 7 nitrogen and oxygen atoms in total. The number of phenolic OH excluding ortho intramolecular Hbond substituents is 1. The van der Waals surface area contributed by atoms with Gasteiger partial charge in [0.25, 0.3) is 5.91 Å². The van der Waals surface area contributed by atoms with Crippen molar-refractivity contribution < 1.29 is 50.5 Å². The third-order valence-corrected chi connectivity index (χ3v) is 5.53. The Morgan fingerprint density at radius 3 is 2.15 bits per heavy atom. The van der Waals surface area contributed by atoms with E-state index in [-0.39, 0.29) is 46.0 Å². The second-order valence-electron chi connectivity index (χ2n) is 8.01. The van der Waals surface area contributed by atoms with Gasteiger partial charge in [-0.3, -0.25) is 15.0 Å². The predicted octanol–water partition coefficient (Wildman–Crippen LogP) is 5.92. The van der Waals surface area contributed by atoms with Crippen molar-refractivity contribution in [3.05, 3.63) is 86.9 Å². The maximum absolute atomic E-state index is 13.1. The summed E-state index contributed by atoms with van der Waals surface area (Å²) in [5.41, 5.74) is 2.02. The number of nitrogens with one attached hydrogen (secondary N) is 2. The Bertz CT molecular complexity index is 1350. The lowest BCUT2D eigenvalue weighted by Crippen LogP contribution is -2.36. The maximum atomic E-state index is 13.1. The number of rotatable bonds is 9. The molecule has 39 heavy (non-hydrogen) atoms. The third-order valence-electron chi connectivity index (χ3n) is 5.23. The van der Waals surface area contributed by atoms with E-state index in [1.807, 2.05) is 0 Å². The van der Waals surface area contributed by atoms with Gasteiger partial charge >= 0.3 is 12.4 Å². The molecule has 0 unspecified atom stereocenters. The quantitative estimate of drug-likeness (QED) is 0.166. The van der Waals surface area contributed by atoms with E-state index in [2.05, 4.69) is 10.9 Å². The first-order valence-electron chi connectivity index (χ1n) is 10.8. The molecule has 3 N–H and O–H groups in total. The number of carbonyl (C=O) groups is 2. The number of aldehydes is 1. The van der Waals surface area contributed by atoms with Crippen LogP contribution in [-0.4, -0.2) is 24.4 Å². The van der Waals surface area contributed by atoms with Crippen molar-refractivity contribution in [3.8, 4) is 17.2 Å². The number of amides is 1. The van der Waals surface area contributed by atoms with Crippen molar-refractivity contribution in [2.45, 2.75) is 25.5 Å². The van der Waals surface area contributed by atoms with E-state index in [1.165, 1.54) is 37.4 Å². The first-order chi connectivity index (χ1) is 18.2. The normalized spacial score (nSPS) is 11.7. The molecular weight excluding hydrogens is 558 g/mol. The molecule has 0 saturated heterocycles. The van der Waals surface area contributed by atoms with E-state index < -0.39 is 41.6 Å². The van der Waals surface area contributed by atoms with Crippen LogP contribution in [0.2, 0.25) is 5.02 Å². The molecule has 0 bridgehead atoms. The van der Waals surface area contributed by atoms with Gasteiger partial charge in [0.05, 0.1) is 28.8 Å². The van der Waals surface area contributed by atoms with E-state index in [0.29, 0.717) is 24.0 Å². The molecule has 0 aromatic heterocycles. The Kier molecular flexibility index (Phi) is 8.97. The standard InChI is InChI=1S/C25H19ClF6N2O5/c1-38-21-7-13(10-33-34-23(37)15-2-3-20(36)19(26)8-15)4-16(11-35)22(21)39-12-14-5-17(24(27,28)29)9-18(6-14)25(30,31)32/h2-9,11,33,36H,10,12H2,1H3,(H,34,37). The van der Waals surface area contributed by atoms with Gasteiger partial charge in [-0.15, -0.1) is 0 Å². The highest BCUT2D eigenvalue weighted by atomic mass is 35.5. The lowest BCUT2D eigenvalue weighted by molar-refractivity contribution is -0.143. The number of alkyl halides is 6. The van der Waals surface area contributed by atoms with Gasteiger partial charge in [-0.2, -0.15) is 26.3 Å². The molecule has 0 atom stereocenters. The number of halogens is 7. The number of hydrogen-bond donors (Lipinski definition) is 3. The number of methoxy groups -OCH3 is 1. The molecule has 0 saturated carbocycles. The summed E-state index contributed by atoms with van der Waals surface area (Å²) in [7, 11) is 1.22. The van der Waals surface area contributed by atoms with Crippen molar-refractivity contribution in [1.29, 1.82) is 0 Å². The minimum Gasteiger partial charge on any atom is -0.506 e. The topological polar surface area (TPSA) is 96.9 Å². The summed E-state index contributed by atoms with van der Waals surface area (Å²) in [6.45, 7) is -0.759. The molecule has 0 aliphatic carbocycles. The molecule has 0 fully saturated rings. The van der Waals surface area contributed by atoms with Crippen molar-refractivity contribution in [2.24, 2.45) is 0 Å². The molecule has 1 amide bonds. The average Bonchev–Trinajstić information content (AvgIpc) is 2.87. The van der Waals surface area contributed by atoms with Crippen LogP contribution in [-0.2, 0) is 25.5 Å². The highest BCUT2D eigenvalue weighted by molar-refractivity contribution is 6.32. The smallest absolute Gasteiger partial charge is 0.416 e. The van der Waals surface area contributed by atoms with Crippen LogP contribution in [0.1, 0.15) is 43.0 Å². The number of hydrazine groups is 1. The molecular formula is C25H19ClF6N2O5. The van der Waals surface area contributed by atoms with Crippen LogP contribution in [0.5, 0.6) is 17.2 Å². The fourth-order valence-electron chi connectivity index (χ4n) is 3.38. The second-order valence-corrected chi connectivity index (χ2v) is 8.42. The first-order valence-corrected chi connectivity index (χ1v) is 11.2. The summed E-state index contributed by atoms with van der Waals surface area (Å²) >= 11 is 5.78. The minimum atomic E-state index is -5.03. The largest absolute Gasteiger partial charge is 0.506 e. The highest BCUT2D eigenvalue weighted by Gasteiger charge is 2.37. The fourth-order valence-corrected chi connectivity index (χ4v) is 3.56. The van der Waals surface area contributed by atoms with Gasteiger partial charge in [0, 0.05) is 12.1 Å². The molecule has 0 aliphatic heterocycles. The van der Waals surface area contributed by atoms with Crippen LogP contribution in [0.15, 0.2) is 48.5 Å². The SMILES string of the molecule is COc1cc(CNNC(=O)c2ccc(O)c(Cl)c2)cc(C=O)c1OCc1cc(C(F)(F)F)cc(C(F)(F)F)c1. The molecule has 3 rings (SSSR count). The number of hydrogen-bond acceptors (Lipinski definition) is 6. The lowest BCUT2D eigenvalue weighted by atomic mass is 10.0. The Balaban J connectivity index is 1.77. The lowest BCUT2D eigenvalue weighted by Gasteiger charge is -2.17. The van der Waals surface area contributed by atoms with Gasteiger partial charge in [-0.1, -0.05) is 11.6 Å². The van der Waals surface area contributed by atoms with E-state index in [0.717, 1.165) is 0 Å². The van der Waals surface area contributed by atoms with E-state index in [9.17, 15) is 41.0 Å². The summed E-state index contributed by atoms with van der Waals surface area (Å²) in [5.74, 6) is -1.02. The predicted molar refractivity (Wildman–Crippen MR) is 127 cm³/mol. The number of benzene rings is 3. The van der Waals surface area contributed by atoms with Crippen molar-refractivity contribution in [1.82, 2.24) is 10.9 Å². The van der Waals surface area contributed by atoms with Gasteiger partial charge in [-0.05, 0) is 59.7 Å². The Hall–Kier alpha value is -3.97. The van der Waals surface area contributed by atoms with Crippen LogP contribution < -0.4 is 20.3 Å². The Morgan fingerprint density at radius 2 is 1.62 bits per heavy atom. The summed E-state index contributed by atoms with van der Waals surface area (Å²) in [6.07, 6.45) is -9.69. The second kappa shape index (κ2) is 11.8. The van der Waals surface area contributed by atoms with E-state index in [4.69, 9.17) is 21.1 Å².